The topological polar surface area (TPSA) is 102 Å². The molecule has 0 bridgehead atoms. The normalized spacial score (nSPS) is 10.2. The van der Waals surface area contributed by atoms with Crippen LogP contribution in [0.4, 0.5) is 5.82 Å². The fraction of sp³-hybridized carbons (Fsp3) is 0.273. The molecule has 0 atom stereocenters. The number of ether oxygens (including phenoxy) is 1. The fourth-order valence-corrected chi connectivity index (χ4v) is 1.47. The zero-order chi connectivity index (χ0) is 13.8. The smallest absolute Gasteiger partial charge is 0.343 e. The van der Waals surface area contributed by atoms with Crippen LogP contribution in [0, 0.1) is 0 Å². The van der Waals surface area contributed by atoms with E-state index in [1.54, 1.807) is 20.2 Å². The number of amides is 1. The first-order chi connectivity index (χ1) is 9.11. The molecule has 0 unspecified atom stereocenters. The molecule has 0 radical (unpaired) electrons. The van der Waals surface area contributed by atoms with Gasteiger partial charge >= 0.3 is 5.97 Å². The van der Waals surface area contributed by atoms with Crippen LogP contribution in [0.1, 0.15) is 27.6 Å². The van der Waals surface area contributed by atoms with E-state index in [2.05, 4.69) is 20.6 Å². The molecule has 0 aliphatic rings. The number of nitrogens with zero attached hydrogens (tertiary/aromatic N) is 3. The number of carbonyl (C=O) groups excluding carboxylic acids is 2. The van der Waals surface area contributed by atoms with Gasteiger partial charge in [-0.2, -0.15) is 10.2 Å². The van der Waals surface area contributed by atoms with Gasteiger partial charge in [0, 0.05) is 13.2 Å². The maximum Gasteiger partial charge on any atom is 0.343 e. The summed E-state index contributed by atoms with van der Waals surface area (Å²) in [5, 5.41) is 12.7. The number of anilines is 1. The number of carbonyl (C=O) groups is 2. The first kappa shape index (κ1) is 12.8. The van der Waals surface area contributed by atoms with E-state index in [4.69, 9.17) is 4.74 Å². The molecule has 1 amide bonds. The summed E-state index contributed by atoms with van der Waals surface area (Å²) in [6.07, 6.45) is 4.29. The molecule has 0 saturated heterocycles. The molecule has 8 nitrogen and oxygen atoms in total. The number of hydrogen-bond donors (Lipinski definition) is 2. The van der Waals surface area contributed by atoms with Crippen molar-refractivity contribution in [2.75, 3.05) is 11.9 Å². The molecule has 0 aliphatic heterocycles. The molecule has 2 aromatic heterocycles. The third-order valence-corrected chi connectivity index (χ3v) is 2.34. The minimum Gasteiger partial charge on any atom is -0.462 e. The van der Waals surface area contributed by atoms with Crippen molar-refractivity contribution in [1.29, 1.82) is 0 Å². The van der Waals surface area contributed by atoms with Crippen molar-refractivity contribution in [1.82, 2.24) is 20.0 Å². The Kier molecular flexibility index (Phi) is 3.60. The van der Waals surface area contributed by atoms with Crippen LogP contribution in [-0.2, 0) is 11.8 Å². The fourth-order valence-electron chi connectivity index (χ4n) is 1.47. The van der Waals surface area contributed by atoms with Crippen molar-refractivity contribution in [2.24, 2.45) is 7.05 Å². The highest BCUT2D eigenvalue weighted by atomic mass is 16.5. The van der Waals surface area contributed by atoms with Crippen LogP contribution in [0.25, 0.3) is 0 Å². The van der Waals surface area contributed by atoms with E-state index >= 15 is 0 Å². The van der Waals surface area contributed by atoms with Gasteiger partial charge in [0.2, 0.25) is 0 Å². The summed E-state index contributed by atoms with van der Waals surface area (Å²) in [4.78, 5) is 23.5. The zero-order valence-electron chi connectivity index (χ0n) is 10.5. The predicted molar refractivity (Wildman–Crippen MR) is 65.7 cm³/mol. The minimum atomic E-state index is -0.544. The highest BCUT2D eigenvalue weighted by molar-refractivity contribution is 6.06. The Morgan fingerprint density at radius 3 is 2.89 bits per heavy atom. The molecule has 8 heteroatoms. The summed E-state index contributed by atoms with van der Waals surface area (Å²) in [7, 11) is 1.71. The largest absolute Gasteiger partial charge is 0.462 e. The number of esters is 1. The van der Waals surface area contributed by atoms with Crippen LogP contribution in [0.2, 0.25) is 0 Å². The van der Waals surface area contributed by atoms with Crippen molar-refractivity contribution in [3.8, 4) is 0 Å². The van der Waals surface area contributed by atoms with Crippen LogP contribution in [0.5, 0.6) is 0 Å². The molecule has 0 saturated carbocycles. The summed E-state index contributed by atoms with van der Waals surface area (Å²) < 4.78 is 6.36. The van der Waals surface area contributed by atoms with Crippen LogP contribution in [0.15, 0.2) is 18.6 Å². The van der Waals surface area contributed by atoms with Crippen molar-refractivity contribution in [2.45, 2.75) is 6.92 Å². The number of rotatable bonds is 4. The van der Waals surface area contributed by atoms with Gasteiger partial charge in [-0.05, 0) is 6.92 Å². The molecule has 2 heterocycles. The van der Waals surface area contributed by atoms with Crippen LogP contribution in [0.3, 0.4) is 0 Å². The Bertz CT molecular complexity index is 601. The molecule has 0 aliphatic carbocycles. The minimum absolute atomic E-state index is 0.180. The second-order valence-electron chi connectivity index (χ2n) is 3.74. The standard InChI is InChI=1S/C11H13N5O3/c1-3-19-11(18)8-5-12-15-9(8)14-10(17)7-4-13-16(2)6-7/h4-6H,3H2,1-2H3,(H2,12,14,15,17). The highest BCUT2D eigenvalue weighted by Gasteiger charge is 2.17. The summed E-state index contributed by atoms with van der Waals surface area (Å²) >= 11 is 0. The van der Waals surface area contributed by atoms with Crippen LogP contribution in [-0.4, -0.2) is 38.5 Å². The van der Waals surface area contributed by atoms with E-state index in [0.29, 0.717) is 5.56 Å². The molecule has 0 spiro atoms. The van der Waals surface area contributed by atoms with Gasteiger partial charge in [0.05, 0.1) is 24.6 Å². The maximum absolute atomic E-state index is 11.9. The summed E-state index contributed by atoms with van der Waals surface area (Å²) in [6.45, 7) is 1.95. The molecule has 0 fully saturated rings. The van der Waals surface area contributed by atoms with E-state index < -0.39 is 5.97 Å². The van der Waals surface area contributed by atoms with Gasteiger partial charge in [-0.1, -0.05) is 0 Å². The number of H-pyrrole nitrogens is 1. The molecule has 2 rings (SSSR count). The molecular weight excluding hydrogens is 250 g/mol. The van der Waals surface area contributed by atoms with Gasteiger partial charge in [0.1, 0.15) is 11.4 Å². The Hall–Kier alpha value is -2.64. The molecule has 2 aromatic rings. The Morgan fingerprint density at radius 1 is 1.47 bits per heavy atom. The number of hydrogen-bond acceptors (Lipinski definition) is 5. The summed E-state index contributed by atoms with van der Waals surface area (Å²) in [6, 6.07) is 0. The van der Waals surface area contributed by atoms with Crippen molar-refractivity contribution < 1.29 is 14.3 Å². The molecule has 0 aromatic carbocycles. The Balaban J connectivity index is 2.13. The maximum atomic E-state index is 11.9. The lowest BCUT2D eigenvalue weighted by molar-refractivity contribution is 0.0527. The highest BCUT2D eigenvalue weighted by Crippen LogP contribution is 2.13. The average molecular weight is 263 g/mol. The van der Waals surface area contributed by atoms with Gasteiger partial charge in [0.25, 0.3) is 5.91 Å². The molecule has 100 valence electrons. The second kappa shape index (κ2) is 5.34. The van der Waals surface area contributed by atoms with E-state index in [1.807, 2.05) is 0 Å². The Labute approximate surface area is 108 Å². The lowest BCUT2D eigenvalue weighted by Crippen LogP contribution is -2.15. The van der Waals surface area contributed by atoms with Crippen LogP contribution >= 0.6 is 0 Å². The number of aromatic amines is 1. The van der Waals surface area contributed by atoms with Crippen LogP contribution < -0.4 is 5.32 Å². The van der Waals surface area contributed by atoms with Crippen molar-refractivity contribution >= 4 is 17.7 Å². The first-order valence-electron chi connectivity index (χ1n) is 5.62. The lowest BCUT2D eigenvalue weighted by Gasteiger charge is -2.04. The molecule has 19 heavy (non-hydrogen) atoms. The number of nitrogens with one attached hydrogen (secondary N) is 2. The first-order valence-corrected chi connectivity index (χ1v) is 5.62. The van der Waals surface area contributed by atoms with E-state index in [1.165, 1.54) is 17.1 Å². The quantitative estimate of drug-likeness (QED) is 0.785. The third-order valence-electron chi connectivity index (χ3n) is 2.34. The van der Waals surface area contributed by atoms with E-state index in [-0.39, 0.29) is 23.9 Å². The monoisotopic (exact) mass is 263 g/mol. The average Bonchev–Trinajstić information content (AvgIpc) is 2.98. The summed E-state index contributed by atoms with van der Waals surface area (Å²) in [5.41, 5.74) is 0.561. The zero-order valence-corrected chi connectivity index (χ0v) is 10.5. The molecular formula is C11H13N5O3. The van der Waals surface area contributed by atoms with Gasteiger partial charge in [-0.3, -0.25) is 14.6 Å². The summed E-state index contributed by atoms with van der Waals surface area (Å²) in [5.74, 6) is -0.729. The number of aromatic nitrogens is 4. The van der Waals surface area contributed by atoms with E-state index in [9.17, 15) is 9.59 Å². The SMILES string of the molecule is CCOC(=O)c1cn[nH]c1NC(=O)c1cnn(C)c1. The van der Waals surface area contributed by atoms with Gasteiger partial charge in [0.15, 0.2) is 0 Å². The lowest BCUT2D eigenvalue weighted by atomic mass is 10.3. The third kappa shape index (κ3) is 2.79. The second-order valence-corrected chi connectivity index (χ2v) is 3.74. The number of aryl methyl sites for hydroxylation is 1. The van der Waals surface area contributed by atoms with Crippen molar-refractivity contribution in [3.05, 3.63) is 29.7 Å². The van der Waals surface area contributed by atoms with Crippen molar-refractivity contribution in [3.63, 3.8) is 0 Å². The molecule has 2 N–H and O–H groups in total. The van der Waals surface area contributed by atoms with Gasteiger partial charge in [-0.15, -0.1) is 0 Å². The Morgan fingerprint density at radius 2 is 2.26 bits per heavy atom. The van der Waals surface area contributed by atoms with Gasteiger partial charge in [-0.25, -0.2) is 4.79 Å². The predicted octanol–water partition coefficient (Wildman–Crippen LogP) is 0.572. The van der Waals surface area contributed by atoms with E-state index in [0.717, 1.165) is 0 Å². The van der Waals surface area contributed by atoms with Gasteiger partial charge < -0.3 is 10.1 Å².